The number of ether oxygens (including phenoxy) is 2. The summed E-state index contributed by atoms with van der Waals surface area (Å²) in [4.78, 5) is 11.9. The Morgan fingerprint density at radius 2 is 2.05 bits per heavy atom. The highest BCUT2D eigenvalue weighted by atomic mass is 16.7. The molecule has 1 aromatic rings. The van der Waals surface area contributed by atoms with Crippen LogP contribution in [0.25, 0.3) is 0 Å². The van der Waals surface area contributed by atoms with Gasteiger partial charge in [0.05, 0.1) is 0 Å². The summed E-state index contributed by atoms with van der Waals surface area (Å²) < 4.78 is 10.2. The molecular formula is C15H21NO3. The largest absolute Gasteiger partial charge is 0.468 e. The van der Waals surface area contributed by atoms with E-state index in [1.807, 2.05) is 38.1 Å². The fourth-order valence-corrected chi connectivity index (χ4v) is 2.18. The van der Waals surface area contributed by atoms with Gasteiger partial charge in [0.25, 0.3) is 0 Å². The fraction of sp³-hybridized carbons (Fsp3) is 0.533. The first-order valence-corrected chi connectivity index (χ1v) is 6.64. The number of hydrogen-bond donors (Lipinski definition) is 1. The van der Waals surface area contributed by atoms with Crippen molar-refractivity contribution >= 4 is 5.91 Å². The SMILES string of the molecule is COCOc1ccc(C2CC2C(=O)NC(C)C)cc1. The summed E-state index contributed by atoms with van der Waals surface area (Å²) in [5.74, 6) is 1.44. The fourth-order valence-electron chi connectivity index (χ4n) is 2.18. The lowest BCUT2D eigenvalue weighted by Gasteiger charge is -2.08. The van der Waals surface area contributed by atoms with E-state index < -0.39 is 0 Å². The topological polar surface area (TPSA) is 47.6 Å². The molecule has 104 valence electrons. The van der Waals surface area contributed by atoms with Crippen LogP contribution in [0.4, 0.5) is 0 Å². The van der Waals surface area contributed by atoms with Gasteiger partial charge in [-0.2, -0.15) is 0 Å². The Morgan fingerprint density at radius 1 is 1.37 bits per heavy atom. The minimum absolute atomic E-state index is 0.133. The van der Waals surface area contributed by atoms with Crippen molar-refractivity contribution in [1.29, 1.82) is 0 Å². The zero-order valence-electron chi connectivity index (χ0n) is 11.7. The van der Waals surface area contributed by atoms with Gasteiger partial charge in [0.15, 0.2) is 6.79 Å². The van der Waals surface area contributed by atoms with E-state index in [0.717, 1.165) is 12.2 Å². The zero-order chi connectivity index (χ0) is 13.8. The monoisotopic (exact) mass is 263 g/mol. The number of benzene rings is 1. The third kappa shape index (κ3) is 3.70. The summed E-state index contributed by atoms with van der Waals surface area (Å²) in [6.45, 7) is 4.22. The standard InChI is InChI=1S/C15H21NO3/c1-10(2)16-15(17)14-8-13(14)11-4-6-12(7-5-11)19-9-18-3/h4-7,10,13-14H,8-9H2,1-3H3,(H,16,17). The molecule has 1 saturated carbocycles. The number of nitrogens with one attached hydrogen (secondary N) is 1. The van der Waals surface area contributed by atoms with E-state index in [4.69, 9.17) is 9.47 Å². The second kappa shape index (κ2) is 6.06. The van der Waals surface area contributed by atoms with Crippen molar-refractivity contribution < 1.29 is 14.3 Å². The molecule has 1 fully saturated rings. The Balaban J connectivity index is 1.89. The summed E-state index contributed by atoms with van der Waals surface area (Å²) in [5.41, 5.74) is 1.20. The third-order valence-corrected chi connectivity index (χ3v) is 3.21. The van der Waals surface area contributed by atoms with Crippen LogP contribution >= 0.6 is 0 Å². The Labute approximate surface area is 114 Å². The van der Waals surface area contributed by atoms with Gasteiger partial charge < -0.3 is 14.8 Å². The number of rotatable bonds is 6. The summed E-state index contributed by atoms with van der Waals surface area (Å²) in [7, 11) is 1.59. The van der Waals surface area contributed by atoms with Gasteiger partial charge in [-0.1, -0.05) is 12.1 Å². The van der Waals surface area contributed by atoms with E-state index in [1.54, 1.807) is 7.11 Å². The van der Waals surface area contributed by atoms with Crippen LogP contribution in [-0.4, -0.2) is 25.9 Å². The van der Waals surface area contributed by atoms with E-state index in [0.29, 0.717) is 5.92 Å². The first-order chi connectivity index (χ1) is 9.11. The van der Waals surface area contributed by atoms with Crippen LogP contribution in [0.2, 0.25) is 0 Å². The van der Waals surface area contributed by atoms with E-state index in [2.05, 4.69) is 5.32 Å². The van der Waals surface area contributed by atoms with Gasteiger partial charge in [0.1, 0.15) is 5.75 Å². The lowest BCUT2D eigenvalue weighted by atomic mass is 10.1. The van der Waals surface area contributed by atoms with E-state index >= 15 is 0 Å². The van der Waals surface area contributed by atoms with Crippen molar-refractivity contribution in [2.75, 3.05) is 13.9 Å². The highest BCUT2D eigenvalue weighted by Crippen LogP contribution is 2.47. The number of hydrogen-bond acceptors (Lipinski definition) is 3. The van der Waals surface area contributed by atoms with Crippen LogP contribution in [0, 0.1) is 5.92 Å². The van der Waals surface area contributed by atoms with Gasteiger partial charge in [0.2, 0.25) is 5.91 Å². The molecule has 0 heterocycles. The van der Waals surface area contributed by atoms with Crippen LogP contribution in [0.1, 0.15) is 31.7 Å². The Hall–Kier alpha value is -1.55. The van der Waals surface area contributed by atoms with Gasteiger partial charge >= 0.3 is 0 Å². The normalized spacial score (nSPS) is 21.3. The summed E-state index contributed by atoms with van der Waals surface area (Å²) >= 11 is 0. The molecule has 1 aliphatic carbocycles. The Morgan fingerprint density at radius 3 is 2.63 bits per heavy atom. The van der Waals surface area contributed by atoms with Gasteiger partial charge in [-0.05, 0) is 43.9 Å². The molecule has 1 aromatic carbocycles. The molecule has 4 heteroatoms. The quantitative estimate of drug-likeness (QED) is 0.801. The molecule has 0 bridgehead atoms. The molecule has 19 heavy (non-hydrogen) atoms. The third-order valence-electron chi connectivity index (χ3n) is 3.21. The van der Waals surface area contributed by atoms with Crippen LogP contribution in [-0.2, 0) is 9.53 Å². The first-order valence-electron chi connectivity index (χ1n) is 6.64. The second-order valence-electron chi connectivity index (χ2n) is 5.23. The summed E-state index contributed by atoms with van der Waals surface area (Å²) in [6, 6.07) is 8.10. The highest BCUT2D eigenvalue weighted by molar-refractivity contribution is 5.83. The van der Waals surface area contributed by atoms with Gasteiger partial charge in [-0.25, -0.2) is 0 Å². The van der Waals surface area contributed by atoms with Crippen molar-refractivity contribution in [3.8, 4) is 5.75 Å². The van der Waals surface area contributed by atoms with Crippen LogP contribution in [0.5, 0.6) is 5.75 Å². The van der Waals surface area contributed by atoms with Crippen molar-refractivity contribution in [3.63, 3.8) is 0 Å². The van der Waals surface area contributed by atoms with Crippen molar-refractivity contribution in [2.24, 2.45) is 5.92 Å². The van der Waals surface area contributed by atoms with Crippen molar-refractivity contribution in [2.45, 2.75) is 32.2 Å². The van der Waals surface area contributed by atoms with Crippen LogP contribution in [0.15, 0.2) is 24.3 Å². The van der Waals surface area contributed by atoms with Gasteiger partial charge in [-0.3, -0.25) is 4.79 Å². The molecule has 1 N–H and O–H groups in total. The number of carbonyl (C=O) groups is 1. The number of carbonyl (C=O) groups excluding carboxylic acids is 1. The second-order valence-corrected chi connectivity index (χ2v) is 5.23. The maximum atomic E-state index is 11.9. The first kappa shape index (κ1) is 13.9. The van der Waals surface area contributed by atoms with Crippen LogP contribution in [0.3, 0.4) is 0 Å². The molecule has 0 aliphatic heterocycles. The molecule has 0 aromatic heterocycles. The molecule has 2 rings (SSSR count). The lowest BCUT2D eigenvalue weighted by molar-refractivity contribution is -0.122. The maximum absolute atomic E-state index is 11.9. The Kier molecular flexibility index (Phi) is 4.43. The molecule has 0 saturated heterocycles. The maximum Gasteiger partial charge on any atom is 0.223 e. The summed E-state index contributed by atoms with van der Waals surface area (Å²) in [6.07, 6.45) is 0.941. The molecule has 2 atom stereocenters. The molecule has 0 spiro atoms. The number of methoxy groups -OCH3 is 1. The number of amides is 1. The zero-order valence-corrected chi connectivity index (χ0v) is 11.7. The van der Waals surface area contributed by atoms with E-state index in [9.17, 15) is 4.79 Å². The predicted molar refractivity (Wildman–Crippen MR) is 73.1 cm³/mol. The molecular weight excluding hydrogens is 242 g/mol. The average Bonchev–Trinajstić information content (AvgIpc) is 3.16. The smallest absolute Gasteiger partial charge is 0.223 e. The minimum Gasteiger partial charge on any atom is -0.468 e. The van der Waals surface area contributed by atoms with Crippen molar-refractivity contribution in [1.82, 2.24) is 5.32 Å². The van der Waals surface area contributed by atoms with E-state index in [1.165, 1.54) is 5.56 Å². The molecule has 4 nitrogen and oxygen atoms in total. The minimum atomic E-state index is 0.133. The Bertz CT molecular complexity index is 428. The van der Waals surface area contributed by atoms with Crippen molar-refractivity contribution in [3.05, 3.63) is 29.8 Å². The van der Waals surface area contributed by atoms with Gasteiger partial charge in [-0.15, -0.1) is 0 Å². The van der Waals surface area contributed by atoms with Crippen LogP contribution < -0.4 is 10.1 Å². The molecule has 0 radical (unpaired) electrons. The average molecular weight is 263 g/mol. The predicted octanol–water partition coefficient (Wildman–Crippen LogP) is 2.30. The van der Waals surface area contributed by atoms with E-state index in [-0.39, 0.29) is 24.7 Å². The lowest BCUT2D eigenvalue weighted by Crippen LogP contribution is -2.31. The molecule has 2 unspecified atom stereocenters. The highest BCUT2D eigenvalue weighted by Gasteiger charge is 2.43. The summed E-state index contributed by atoms with van der Waals surface area (Å²) in [5, 5.41) is 2.96. The molecule has 1 aliphatic rings. The van der Waals surface area contributed by atoms with Gasteiger partial charge in [0, 0.05) is 19.1 Å². The molecule has 1 amide bonds.